The number of likely N-dealkylation sites (N-methyl/N-ethyl adjacent to an activating group) is 1. The molecule has 0 aliphatic carbocycles. The predicted octanol–water partition coefficient (Wildman–Crippen LogP) is 2.05. The molecule has 4 nitrogen and oxygen atoms in total. The van der Waals surface area contributed by atoms with Gasteiger partial charge in [-0.1, -0.05) is 18.2 Å². The fourth-order valence-electron chi connectivity index (χ4n) is 1.94. The number of methoxy groups -OCH3 is 1. The molecule has 0 radical (unpaired) electrons. The van der Waals surface area contributed by atoms with Crippen molar-refractivity contribution in [1.29, 1.82) is 0 Å². The van der Waals surface area contributed by atoms with Crippen LogP contribution in [0, 0.1) is 0 Å². The van der Waals surface area contributed by atoms with Gasteiger partial charge in [0.25, 0.3) is 0 Å². The summed E-state index contributed by atoms with van der Waals surface area (Å²) in [5.41, 5.74) is 7.28. The molecule has 0 aliphatic heterocycles. The van der Waals surface area contributed by atoms with Crippen molar-refractivity contribution in [3.05, 3.63) is 29.8 Å². The van der Waals surface area contributed by atoms with E-state index in [9.17, 15) is 0 Å². The van der Waals surface area contributed by atoms with Crippen LogP contribution in [0.1, 0.15) is 25.5 Å². The third-order valence-electron chi connectivity index (χ3n) is 2.97. The third kappa shape index (κ3) is 5.59. The van der Waals surface area contributed by atoms with Crippen molar-refractivity contribution in [2.24, 2.45) is 5.73 Å². The molecule has 0 aromatic heterocycles. The Morgan fingerprint density at radius 3 is 2.58 bits per heavy atom. The summed E-state index contributed by atoms with van der Waals surface area (Å²) < 4.78 is 10.9. The van der Waals surface area contributed by atoms with E-state index in [0.717, 1.165) is 31.0 Å². The van der Waals surface area contributed by atoms with E-state index in [1.165, 1.54) is 0 Å². The minimum Gasteiger partial charge on any atom is -0.496 e. The van der Waals surface area contributed by atoms with E-state index in [2.05, 4.69) is 11.9 Å². The molecule has 19 heavy (non-hydrogen) atoms. The Kier molecular flexibility index (Phi) is 6.84. The molecular formula is C15H26N2O2. The third-order valence-corrected chi connectivity index (χ3v) is 2.97. The van der Waals surface area contributed by atoms with Gasteiger partial charge in [0.1, 0.15) is 5.75 Å². The van der Waals surface area contributed by atoms with Gasteiger partial charge in [-0.3, -0.25) is 0 Å². The highest BCUT2D eigenvalue weighted by Crippen LogP contribution is 2.23. The Bertz CT molecular complexity index is 369. The fourth-order valence-corrected chi connectivity index (χ4v) is 1.94. The second-order valence-corrected chi connectivity index (χ2v) is 5.03. The second-order valence-electron chi connectivity index (χ2n) is 5.03. The first-order valence-corrected chi connectivity index (χ1v) is 6.73. The summed E-state index contributed by atoms with van der Waals surface area (Å²) in [7, 11) is 3.73. The van der Waals surface area contributed by atoms with Crippen molar-refractivity contribution in [2.75, 3.05) is 33.9 Å². The lowest BCUT2D eigenvalue weighted by molar-refractivity contribution is 0.0629. The Balaban J connectivity index is 2.47. The molecule has 0 aliphatic rings. The summed E-state index contributed by atoms with van der Waals surface area (Å²) in [6, 6.07) is 7.84. The number of rotatable bonds is 8. The van der Waals surface area contributed by atoms with Crippen LogP contribution in [0.5, 0.6) is 5.75 Å². The maximum atomic E-state index is 6.24. The van der Waals surface area contributed by atoms with Crippen LogP contribution in [0.15, 0.2) is 24.3 Å². The van der Waals surface area contributed by atoms with Gasteiger partial charge in [0.2, 0.25) is 0 Å². The largest absolute Gasteiger partial charge is 0.496 e. The van der Waals surface area contributed by atoms with Crippen LogP contribution in [0.2, 0.25) is 0 Å². The molecule has 0 heterocycles. The number of nitrogens with zero attached hydrogens (tertiary/aromatic N) is 1. The summed E-state index contributed by atoms with van der Waals surface area (Å²) in [4.78, 5) is 2.18. The maximum absolute atomic E-state index is 6.24. The monoisotopic (exact) mass is 266 g/mol. The quantitative estimate of drug-likeness (QED) is 0.782. The van der Waals surface area contributed by atoms with Gasteiger partial charge in [-0.15, -0.1) is 0 Å². The summed E-state index contributed by atoms with van der Waals surface area (Å²) in [6.07, 6.45) is 0.274. The summed E-state index contributed by atoms with van der Waals surface area (Å²) >= 11 is 0. The van der Waals surface area contributed by atoms with Gasteiger partial charge in [0.05, 0.1) is 19.8 Å². The fraction of sp³-hybridized carbons (Fsp3) is 0.600. The molecule has 0 amide bonds. The van der Waals surface area contributed by atoms with Crippen LogP contribution in [0.4, 0.5) is 0 Å². The van der Waals surface area contributed by atoms with Gasteiger partial charge in [-0.2, -0.15) is 0 Å². The Morgan fingerprint density at radius 1 is 1.26 bits per heavy atom. The highest BCUT2D eigenvalue weighted by molar-refractivity contribution is 5.35. The zero-order valence-corrected chi connectivity index (χ0v) is 12.4. The van der Waals surface area contributed by atoms with Crippen LogP contribution < -0.4 is 10.5 Å². The number of nitrogens with two attached hydrogens (primary N) is 1. The van der Waals surface area contributed by atoms with Crippen LogP contribution in [-0.4, -0.2) is 44.9 Å². The first-order chi connectivity index (χ1) is 9.04. The topological polar surface area (TPSA) is 47.7 Å². The van der Waals surface area contributed by atoms with Crippen molar-refractivity contribution in [3.63, 3.8) is 0 Å². The second kappa shape index (κ2) is 8.15. The van der Waals surface area contributed by atoms with Crippen LogP contribution in [0.3, 0.4) is 0 Å². The number of ether oxygens (including phenoxy) is 2. The maximum Gasteiger partial charge on any atom is 0.123 e. The van der Waals surface area contributed by atoms with E-state index < -0.39 is 0 Å². The zero-order valence-electron chi connectivity index (χ0n) is 12.4. The Hall–Kier alpha value is -1.10. The van der Waals surface area contributed by atoms with E-state index >= 15 is 0 Å². The van der Waals surface area contributed by atoms with Crippen LogP contribution >= 0.6 is 0 Å². The molecule has 1 aromatic carbocycles. The molecule has 2 N–H and O–H groups in total. The minimum atomic E-state index is -0.0554. The van der Waals surface area contributed by atoms with Gasteiger partial charge >= 0.3 is 0 Å². The molecule has 0 saturated heterocycles. The molecule has 1 atom stereocenters. The van der Waals surface area contributed by atoms with E-state index in [0.29, 0.717) is 0 Å². The van der Waals surface area contributed by atoms with Gasteiger partial charge in [-0.05, 0) is 27.0 Å². The Labute approximate surface area is 116 Å². The SMILES string of the molecule is COc1ccccc1C(N)CN(C)CCOC(C)C. The molecule has 4 heteroatoms. The molecule has 0 saturated carbocycles. The van der Waals surface area contributed by atoms with Crippen molar-refractivity contribution in [1.82, 2.24) is 4.90 Å². The standard InChI is InChI=1S/C15H26N2O2/c1-12(2)19-10-9-17(3)11-14(16)13-7-5-6-8-15(13)18-4/h5-8,12,14H,9-11,16H2,1-4H3. The van der Waals surface area contributed by atoms with E-state index in [4.69, 9.17) is 15.2 Å². The normalized spacial score (nSPS) is 13.0. The highest BCUT2D eigenvalue weighted by Gasteiger charge is 2.13. The molecule has 0 bridgehead atoms. The molecule has 1 rings (SSSR count). The summed E-state index contributed by atoms with van der Waals surface area (Å²) in [6.45, 7) is 6.47. The first kappa shape index (κ1) is 16.0. The summed E-state index contributed by atoms with van der Waals surface area (Å²) in [5.74, 6) is 0.849. The van der Waals surface area contributed by atoms with Crippen LogP contribution in [0.25, 0.3) is 0 Å². The average Bonchev–Trinajstić information content (AvgIpc) is 2.38. The van der Waals surface area contributed by atoms with Crippen molar-refractivity contribution in [2.45, 2.75) is 26.0 Å². The first-order valence-electron chi connectivity index (χ1n) is 6.73. The zero-order chi connectivity index (χ0) is 14.3. The molecule has 0 fully saturated rings. The lowest BCUT2D eigenvalue weighted by Gasteiger charge is -2.23. The number of para-hydroxylation sites is 1. The van der Waals surface area contributed by atoms with Gasteiger partial charge in [-0.25, -0.2) is 0 Å². The van der Waals surface area contributed by atoms with Gasteiger partial charge < -0.3 is 20.1 Å². The van der Waals surface area contributed by atoms with E-state index in [1.54, 1.807) is 7.11 Å². The van der Waals surface area contributed by atoms with Crippen LogP contribution in [-0.2, 0) is 4.74 Å². The van der Waals surface area contributed by atoms with Crippen molar-refractivity contribution < 1.29 is 9.47 Å². The van der Waals surface area contributed by atoms with Gasteiger partial charge in [0.15, 0.2) is 0 Å². The smallest absolute Gasteiger partial charge is 0.123 e. The van der Waals surface area contributed by atoms with E-state index in [-0.39, 0.29) is 12.1 Å². The Morgan fingerprint density at radius 2 is 1.95 bits per heavy atom. The lowest BCUT2D eigenvalue weighted by Crippen LogP contribution is -2.32. The molecule has 0 spiro atoms. The lowest BCUT2D eigenvalue weighted by atomic mass is 10.1. The van der Waals surface area contributed by atoms with Crippen molar-refractivity contribution in [3.8, 4) is 5.75 Å². The van der Waals surface area contributed by atoms with Gasteiger partial charge in [0, 0.05) is 24.7 Å². The molecule has 1 aromatic rings. The van der Waals surface area contributed by atoms with Crippen molar-refractivity contribution >= 4 is 0 Å². The summed E-state index contributed by atoms with van der Waals surface area (Å²) in [5, 5.41) is 0. The molecular weight excluding hydrogens is 240 g/mol. The number of hydrogen-bond donors (Lipinski definition) is 1. The number of hydrogen-bond acceptors (Lipinski definition) is 4. The average molecular weight is 266 g/mol. The number of benzene rings is 1. The molecule has 1 unspecified atom stereocenters. The minimum absolute atomic E-state index is 0.0554. The van der Waals surface area contributed by atoms with E-state index in [1.807, 2.05) is 38.1 Å². The predicted molar refractivity (Wildman–Crippen MR) is 78.5 cm³/mol. The molecule has 108 valence electrons. The highest BCUT2D eigenvalue weighted by atomic mass is 16.5.